The lowest BCUT2D eigenvalue weighted by atomic mass is 9.74. The van der Waals surface area contributed by atoms with Crippen LogP contribution in [0.3, 0.4) is 0 Å². The molecule has 1 unspecified atom stereocenters. The molecule has 15 heavy (non-hydrogen) atoms. The van der Waals surface area contributed by atoms with E-state index in [4.69, 9.17) is 4.74 Å². The quantitative estimate of drug-likeness (QED) is 0.659. The topological polar surface area (TPSA) is 35.7 Å². The number of epoxide rings is 1. The maximum Gasteiger partial charge on any atom is 0.0812 e. The molecule has 0 saturated carbocycles. The monoisotopic (exact) mass is 212 g/mol. The molecule has 0 aromatic carbocycles. The fourth-order valence-electron chi connectivity index (χ4n) is 3.21. The van der Waals surface area contributed by atoms with Crippen LogP contribution in [0.25, 0.3) is 0 Å². The molecule has 2 fully saturated rings. The first-order valence-electron chi connectivity index (χ1n) is 5.90. The largest absolute Gasteiger partial charge is 0.373 e. The van der Waals surface area contributed by atoms with E-state index in [1.807, 2.05) is 0 Å². The Morgan fingerprint density at radius 2 is 1.67 bits per heavy atom. The van der Waals surface area contributed by atoms with Gasteiger partial charge in [0.15, 0.2) is 0 Å². The SMILES string of the molecule is CC1(C)CC(CC2CO2)CC(C)(C)N1[O]. The van der Waals surface area contributed by atoms with Crippen molar-refractivity contribution in [1.29, 1.82) is 0 Å². The van der Waals surface area contributed by atoms with Gasteiger partial charge in [0.2, 0.25) is 0 Å². The molecule has 0 bridgehead atoms. The van der Waals surface area contributed by atoms with Crippen molar-refractivity contribution >= 4 is 0 Å². The normalized spacial score (nSPS) is 35.4. The Morgan fingerprint density at radius 3 is 2.07 bits per heavy atom. The second-order valence-corrected chi connectivity index (χ2v) is 6.38. The molecule has 0 aromatic rings. The highest BCUT2D eigenvalue weighted by atomic mass is 16.6. The van der Waals surface area contributed by atoms with Gasteiger partial charge in [0, 0.05) is 11.1 Å². The third-order valence-electron chi connectivity index (χ3n) is 3.67. The summed E-state index contributed by atoms with van der Waals surface area (Å²) >= 11 is 0. The summed E-state index contributed by atoms with van der Waals surface area (Å²) in [6.45, 7) is 9.16. The van der Waals surface area contributed by atoms with Crippen LogP contribution in [0.2, 0.25) is 0 Å². The van der Waals surface area contributed by atoms with Crippen LogP contribution in [0.5, 0.6) is 0 Å². The Balaban J connectivity index is 2.04. The third kappa shape index (κ3) is 2.35. The van der Waals surface area contributed by atoms with Gasteiger partial charge in [-0.15, -0.1) is 10.3 Å². The molecule has 2 saturated heterocycles. The minimum Gasteiger partial charge on any atom is -0.373 e. The van der Waals surface area contributed by atoms with Crippen molar-refractivity contribution in [1.82, 2.24) is 5.06 Å². The Morgan fingerprint density at radius 1 is 1.20 bits per heavy atom. The zero-order chi connectivity index (χ0) is 11.3. The first kappa shape index (κ1) is 11.4. The van der Waals surface area contributed by atoms with Crippen LogP contribution in [0.15, 0.2) is 0 Å². The fourth-order valence-corrected chi connectivity index (χ4v) is 3.21. The van der Waals surface area contributed by atoms with E-state index in [2.05, 4.69) is 27.7 Å². The summed E-state index contributed by atoms with van der Waals surface area (Å²) in [6, 6.07) is 0. The molecule has 0 aromatic heterocycles. The number of hydroxylamine groups is 2. The molecule has 0 N–H and O–H groups in total. The lowest BCUT2D eigenvalue weighted by molar-refractivity contribution is -0.294. The number of rotatable bonds is 2. The number of nitrogens with zero attached hydrogens (tertiary/aromatic N) is 1. The zero-order valence-electron chi connectivity index (χ0n) is 10.2. The van der Waals surface area contributed by atoms with E-state index in [-0.39, 0.29) is 11.1 Å². The summed E-state index contributed by atoms with van der Waals surface area (Å²) in [4.78, 5) is 0. The van der Waals surface area contributed by atoms with E-state index in [1.54, 1.807) is 0 Å². The van der Waals surface area contributed by atoms with Gasteiger partial charge in [0.25, 0.3) is 0 Å². The van der Waals surface area contributed by atoms with E-state index < -0.39 is 0 Å². The van der Waals surface area contributed by atoms with Crippen molar-refractivity contribution < 1.29 is 9.94 Å². The van der Waals surface area contributed by atoms with E-state index in [1.165, 1.54) is 5.06 Å². The summed E-state index contributed by atoms with van der Waals surface area (Å²) in [6.07, 6.45) is 3.63. The van der Waals surface area contributed by atoms with Gasteiger partial charge in [-0.25, -0.2) is 0 Å². The Labute approximate surface area is 92.4 Å². The predicted molar refractivity (Wildman–Crippen MR) is 57.8 cm³/mol. The predicted octanol–water partition coefficient (Wildman–Crippen LogP) is 2.39. The van der Waals surface area contributed by atoms with E-state index in [9.17, 15) is 5.21 Å². The maximum absolute atomic E-state index is 12.1. The summed E-state index contributed by atoms with van der Waals surface area (Å²) in [5, 5.41) is 13.4. The highest BCUT2D eigenvalue weighted by Gasteiger charge is 2.47. The van der Waals surface area contributed by atoms with Crippen LogP contribution < -0.4 is 0 Å². The minimum absolute atomic E-state index is 0.221. The molecular weight excluding hydrogens is 190 g/mol. The molecule has 3 nitrogen and oxygen atoms in total. The third-order valence-corrected chi connectivity index (χ3v) is 3.67. The number of piperidine rings is 1. The molecule has 2 aliphatic rings. The molecule has 87 valence electrons. The first-order valence-corrected chi connectivity index (χ1v) is 5.90. The molecule has 3 heteroatoms. The Hall–Kier alpha value is -0.120. The average molecular weight is 212 g/mol. The fraction of sp³-hybridized carbons (Fsp3) is 1.00. The van der Waals surface area contributed by atoms with Crippen molar-refractivity contribution in [3.8, 4) is 0 Å². The smallest absolute Gasteiger partial charge is 0.0812 e. The standard InChI is InChI=1S/C12H22NO2/c1-11(2)6-9(5-10-8-15-10)7-12(3,4)13(11)14/h9-10H,5-8H2,1-4H3. The molecule has 2 aliphatic heterocycles. The maximum atomic E-state index is 12.1. The minimum atomic E-state index is -0.221. The molecule has 0 amide bonds. The van der Waals surface area contributed by atoms with Crippen molar-refractivity contribution in [3.63, 3.8) is 0 Å². The molecule has 1 radical (unpaired) electrons. The second kappa shape index (κ2) is 3.44. The van der Waals surface area contributed by atoms with Crippen LogP contribution in [0.4, 0.5) is 0 Å². The number of ether oxygens (including phenoxy) is 1. The summed E-state index contributed by atoms with van der Waals surface area (Å²) < 4.78 is 5.28. The van der Waals surface area contributed by atoms with Crippen LogP contribution >= 0.6 is 0 Å². The highest BCUT2D eigenvalue weighted by Crippen LogP contribution is 2.42. The van der Waals surface area contributed by atoms with Crippen molar-refractivity contribution in [2.45, 2.75) is 64.1 Å². The van der Waals surface area contributed by atoms with Gasteiger partial charge in [-0.2, -0.15) is 0 Å². The van der Waals surface area contributed by atoms with E-state index in [0.29, 0.717) is 12.0 Å². The van der Waals surface area contributed by atoms with Crippen LogP contribution in [0.1, 0.15) is 47.0 Å². The molecular formula is C12H22NO2. The molecule has 2 rings (SSSR count). The van der Waals surface area contributed by atoms with Gasteiger partial charge < -0.3 is 4.74 Å². The molecule has 0 aliphatic carbocycles. The van der Waals surface area contributed by atoms with Gasteiger partial charge in [-0.1, -0.05) is 0 Å². The second-order valence-electron chi connectivity index (χ2n) is 6.38. The lowest BCUT2D eigenvalue weighted by Crippen LogP contribution is -2.58. The van der Waals surface area contributed by atoms with Crippen LogP contribution in [-0.4, -0.2) is 28.9 Å². The van der Waals surface area contributed by atoms with Gasteiger partial charge in [0.1, 0.15) is 0 Å². The van der Waals surface area contributed by atoms with E-state index in [0.717, 1.165) is 25.9 Å². The van der Waals surface area contributed by atoms with E-state index >= 15 is 0 Å². The number of hydrogen-bond acceptors (Lipinski definition) is 2. The highest BCUT2D eigenvalue weighted by molar-refractivity contribution is 4.96. The van der Waals surface area contributed by atoms with Crippen molar-refractivity contribution in [2.75, 3.05) is 6.61 Å². The average Bonchev–Trinajstić information content (AvgIpc) is 2.82. The molecule has 1 atom stereocenters. The van der Waals surface area contributed by atoms with Crippen LogP contribution in [0, 0.1) is 5.92 Å². The van der Waals surface area contributed by atoms with Crippen molar-refractivity contribution in [2.24, 2.45) is 5.92 Å². The zero-order valence-corrected chi connectivity index (χ0v) is 10.2. The first-order chi connectivity index (χ1) is 6.81. The summed E-state index contributed by atoms with van der Waals surface area (Å²) in [7, 11) is 0. The van der Waals surface area contributed by atoms with Gasteiger partial charge in [0.05, 0.1) is 12.7 Å². The molecule has 0 spiro atoms. The van der Waals surface area contributed by atoms with Crippen LogP contribution in [-0.2, 0) is 9.94 Å². The Kier molecular flexibility index (Phi) is 2.61. The Bertz CT molecular complexity index is 228. The molecule has 2 heterocycles. The number of hydrogen-bond donors (Lipinski definition) is 0. The lowest BCUT2D eigenvalue weighted by Gasteiger charge is -2.50. The van der Waals surface area contributed by atoms with Crippen molar-refractivity contribution in [3.05, 3.63) is 0 Å². The summed E-state index contributed by atoms with van der Waals surface area (Å²) in [5.74, 6) is 0.646. The van der Waals surface area contributed by atoms with Gasteiger partial charge in [-0.05, 0) is 52.9 Å². The van der Waals surface area contributed by atoms with Gasteiger partial charge >= 0.3 is 0 Å². The summed E-state index contributed by atoms with van der Waals surface area (Å²) in [5.41, 5.74) is -0.442. The van der Waals surface area contributed by atoms with Gasteiger partial charge in [-0.3, -0.25) is 0 Å².